The third-order valence-electron chi connectivity index (χ3n) is 4.30. The molecule has 0 saturated carbocycles. The Kier molecular flexibility index (Phi) is 5.25. The van der Waals surface area contributed by atoms with Crippen molar-refractivity contribution in [3.8, 4) is 0 Å². The van der Waals surface area contributed by atoms with Crippen LogP contribution in [0.15, 0.2) is 24.3 Å². The van der Waals surface area contributed by atoms with Gasteiger partial charge in [0.1, 0.15) is 0 Å². The van der Waals surface area contributed by atoms with E-state index in [9.17, 15) is 9.59 Å². The summed E-state index contributed by atoms with van der Waals surface area (Å²) in [5.41, 5.74) is 1.27. The van der Waals surface area contributed by atoms with Crippen LogP contribution in [0, 0.1) is 0 Å². The molecule has 1 aromatic rings. The van der Waals surface area contributed by atoms with E-state index in [0.29, 0.717) is 37.6 Å². The second-order valence-corrected chi connectivity index (χ2v) is 5.98. The predicted molar refractivity (Wildman–Crippen MR) is 87.4 cm³/mol. The van der Waals surface area contributed by atoms with E-state index in [0.717, 1.165) is 25.8 Å². The van der Waals surface area contributed by atoms with E-state index < -0.39 is 0 Å². The summed E-state index contributed by atoms with van der Waals surface area (Å²) in [4.78, 5) is 26.5. The van der Waals surface area contributed by atoms with Crippen LogP contribution < -0.4 is 10.6 Å². The van der Waals surface area contributed by atoms with E-state index in [1.54, 1.807) is 23.1 Å². The maximum Gasteiger partial charge on any atom is 0.254 e. The molecular formula is C17H23N3O3. The zero-order valence-corrected chi connectivity index (χ0v) is 13.2. The highest BCUT2D eigenvalue weighted by Crippen LogP contribution is 2.15. The molecule has 6 heteroatoms. The summed E-state index contributed by atoms with van der Waals surface area (Å²) in [5, 5.41) is 6.14. The number of benzene rings is 1. The van der Waals surface area contributed by atoms with Crippen molar-refractivity contribution >= 4 is 17.5 Å². The molecule has 2 amide bonds. The van der Waals surface area contributed by atoms with Gasteiger partial charge in [-0.15, -0.1) is 0 Å². The highest BCUT2D eigenvalue weighted by molar-refractivity contribution is 5.98. The van der Waals surface area contributed by atoms with Crippen LogP contribution in [-0.2, 0) is 9.53 Å². The first-order valence-electron chi connectivity index (χ1n) is 8.25. The first-order valence-corrected chi connectivity index (χ1v) is 8.25. The van der Waals surface area contributed by atoms with Crippen LogP contribution in [0.5, 0.6) is 0 Å². The standard InChI is InChI=1S/C17H23N3O3/c21-16(15-6-1-2-7-18-15)19-14-5-3-4-13(12-14)17(22)20-8-10-23-11-9-20/h3-5,12,15,18H,1-2,6-11H2,(H,19,21). The van der Waals surface area contributed by atoms with E-state index >= 15 is 0 Å². The minimum absolute atomic E-state index is 0.0137. The molecule has 1 unspecified atom stereocenters. The molecule has 6 nitrogen and oxygen atoms in total. The van der Waals surface area contributed by atoms with Gasteiger partial charge in [0.05, 0.1) is 19.3 Å². The molecule has 2 fully saturated rings. The van der Waals surface area contributed by atoms with Crippen LogP contribution in [-0.4, -0.2) is 55.6 Å². The van der Waals surface area contributed by atoms with Gasteiger partial charge >= 0.3 is 0 Å². The van der Waals surface area contributed by atoms with E-state index in [4.69, 9.17) is 4.74 Å². The molecule has 0 radical (unpaired) electrons. The number of piperidine rings is 1. The lowest BCUT2D eigenvalue weighted by atomic mass is 10.0. The molecule has 1 aromatic carbocycles. The summed E-state index contributed by atoms with van der Waals surface area (Å²) >= 11 is 0. The number of carbonyl (C=O) groups excluding carboxylic acids is 2. The average Bonchev–Trinajstić information content (AvgIpc) is 2.63. The third-order valence-corrected chi connectivity index (χ3v) is 4.30. The number of hydrogen-bond donors (Lipinski definition) is 2. The van der Waals surface area contributed by atoms with Gasteiger partial charge in [0.2, 0.25) is 5.91 Å². The van der Waals surface area contributed by atoms with E-state index in [2.05, 4.69) is 10.6 Å². The van der Waals surface area contributed by atoms with Gasteiger partial charge in [-0.3, -0.25) is 9.59 Å². The van der Waals surface area contributed by atoms with Crippen molar-refractivity contribution in [2.24, 2.45) is 0 Å². The number of carbonyl (C=O) groups is 2. The summed E-state index contributed by atoms with van der Waals surface area (Å²) in [6.07, 6.45) is 3.05. The summed E-state index contributed by atoms with van der Waals surface area (Å²) in [6.45, 7) is 3.27. The quantitative estimate of drug-likeness (QED) is 0.880. The maximum atomic E-state index is 12.5. The molecule has 0 aliphatic carbocycles. The van der Waals surface area contributed by atoms with Gasteiger partial charge in [0.25, 0.3) is 5.91 Å². The molecule has 3 rings (SSSR count). The Hall–Kier alpha value is -1.92. The largest absolute Gasteiger partial charge is 0.378 e. The van der Waals surface area contributed by atoms with Crippen LogP contribution >= 0.6 is 0 Å². The fraction of sp³-hybridized carbons (Fsp3) is 0.529. The molecule has 2 aliphatic heterocycles. The van der Waals surface area contributed by atoms with Crippen molar-refractivity contribution in [2.45, 2.75) is 25.3 Å². The second-order valence-electron chi connectivity index (χ2n) is 5.98. The molecular weight excluding hydrogens is 294 g/mol. The second kappa shape index (κ2) is 7.57. The fourth-order valence-electron chi connectivity index (χ4n) is 2.98. The van der Waals surface area contributed by atoms with E-state index in [1.165, 1.54) is 0 Å². The highest BCUT2D eigenvalue weighted by atomic mass is 16.5. The first kappa shape index (κ1) is 16.0. The molecule has 2 heterocycles. The van der Waals surface area contributed by atoms with Crippen LogP contribution in [0.1, 0.15) is 29.6 Å². The molecule has 0 aromatic heterocycles. The highest BCUT2D eigenvalue weighted by Gasteiger charge is 2.22. The van der Waals surface area contributed by atoms with Crippen molar-refractivity contribution in [1.82, 2.24) is 10.2 Å². The molecule has 0 spiro atoms. The Labute approximate surface area is 136 Å². The smallest absolute Gasteiger partial charge is 0.254 e. The van der Waals surface area contributed by atoms with E-state index in [1.807, 2.05) is 6.07 Å². The Balaban J connectivity index is 1.64. The van der Waals surface area contributed by atoms with Crippen molar-refractivity contribution in [2.75, 3.05) is 38.2 Å². The van der Waals surface area contributed by atoms with Crippen molar-refractivity contribution in [3.05, 3.63) is 29.8 Å². The van der Waals surface area contributed by atoms with E-state index in [-0.39, 0.29) is 17.9 Å². The summed E-state index contributed by atoms with van der Waals surface area (Å²) in [6, 6.07) is 7.02. The van der Waals surface area contributed by atoms with Gasteiger partial charge < -0.3 is 20.3 Å². The molecule has 2 N–H and O–H groups in total. The Morgan fingerprint density at radius 1 is 1.22 bits per heavy atom. The summed E-state index contributed by atoms with van der Waals surface area (Å²) < 4.78 is 5.27. The zero-order valence-electron chi connectivity index (χ0n) is 13.2. The normalized spacial score (nSPS) is 21.7. The van der Waals surface area contributed by atoms with Gasteiger partial charge in [0, 0.05) is 24.3 Å². The topological polar surface area (TPSA) is 70.7 Å². The zero-order chi connectivity index (χ0) is 16.1. The van der Waals surface area contributed by atoms with Gasteiger partial charge in [0.15, 0.2) is 0 Å². The van der Waals surface area contributed by atoms with Crippen molar-refractivity contribution < 1.29 is 14.3 Å². The summed E-state index contributed by atoms with van der Waals surface area (Å²) in [5.74, 6) is -0.0409. The van der Waals surface area contributed by atoms with Gasteiger partial charge in [-0.2, -0.15) is 0 Å². The SMILES string of the molecule is O=C(Nc1cccc(C(=O)N2CCOCC2)c1)C1CCCCN1. The third kappa shape index (κ3) is 4.09. The fourth-order valence-corrected chi connectivity index (χ4v) is 2.98. The molecule has 2 aliphatic rings. The molecule has 2 saturated heterocycles. The predicted octanol–water partition coefficient (Wildman–Crippen LogP) is 1.24. The van der Waals surface area contributed by atoms with Crippen LogP contribution in [0.3, 0.4) is 0 Å². The Morgan fingerprint density at radius 3 is 2.78 bits per heavy atom. The monoisotopic (exact) mass is 317 g/mol. The van der Waals surface area contributed by atoms with Crippen molar-refractivity contribution in [1.29, 1.82) is 0 Å². The molecule has 1 atom stereocenters. The van der Waals surface area contributed by atoms with Crippen LogP contribution in [0.25, 0.3) is 0 Å². The molecule has 0 bridgehead atoms. The number of ether oxygens (including phenoxy) is 1. The Morgan fingerprint density at radius 2 is 2.04 bits per heavy atom. The van der Waals surface area contributed by atoms with Crippen LogP contribution in [0.4, 0.5) is 5.69 Å². The number of nitrogens with zero attached hydrogens (tertiary/aromatic N) is 1. The summed E-state index contributed by atoms with van der Waals surface area (Å²) in [7, 11) is 0. The lowest BCUT2D eigenvalue weighted by Gasteiger charge is -2.27. The lowest BCUT2D eigenvalue weighted by Crippen LogP contribution is -2.43. The number of hydrogen-bond acceptors (Lipinski definition) is 4. The molecule has 23 heavy (non-hydrogen) atoms. The number of anilines is 1. The van der Waals surface area contributed by atoms with Gasteiger partial charge in [-0.1, -0.05) is 12.5 Å². The van der Waals surface area contributed by atoms with Gasteiger partial charge in [-0.25, -0.2) is 0 Å². The first-order chi connectivity index (χ1) is 11.2. The average molecular weight is 317 g/mol. The van der Waals surface area contributed by atoms with Crippen LogP contribution in [0.2, 0.25) is 0 Å². The van der Waals surface area contributed by atoms with Crippen molar-refractivity contribution in [3.63, 3.8) is 0 Å². The number of amides is 2. The number of nitrogens with one attached hydrogen (secondary N) is 2. The number of rotatable bonds is 3. The minimum atomic E-state index is -0.137. The van der Waals surface area contributed by atoms with Gasteiger partial charge in [-0.05, 0) is 37.6 Å². The Bertz CT molecular complexity index is 564. The lowest BCUT2D eigenvalue weighted by molar-refractivity contribution is -0.118. The maximum absolute atomic E-state index is 12.5. The number of morpholine rings is 1. The minimum Gasteiger partial charge on any atom is -0.378 e. The molecule has 124 valence electrons.